The molecule has 5 rings (SSSR count). The zero-order valence-corrected chi connectivity index (χ0v) is 19.6. The van der Waals surface area contributed by atoms with Gasteiger partial charge in [0.15, 0.2) is 23.9 Å². The molecule has 0 aliphatic carbocycles. The van der Waals surface area contributed by atoms with E-state index in [-0.39, 0.29) is 18.1 Å². The van der Waals surface area contributed by atoms with Crippen LogP contribution in [0.2, 0.25) is 0 Å². The molecule has 0 saturated heterocycles. The maximum atomic E-state index is 14.0. The molecule has 2 heterocycles. The minimum Gasteiger partial charge on any atom is -0.493 e. The molecule has 2 aliphatic heterocycles. The van der Waals surface area contributed by atoms with Crippen molar-refractivity contribution in [2.24, 2.45) is 16.8 Å². The van der Waals surface area contributed by atoms with Crippen LogP contribution >= 0.6 is 0 Å². The van der Waals surface area contributed by atoms with Gasteiger partial charge in [-0.1, -0.05) is 53.2 Å². The Morgan fingerprint density at radius 2 is 1.83 bits per heavy atom. The van der Waals surface area contributed by atoms with Crippen molar-refractivity contribution >= 4 is 29.0 Å². The summed E-state index contributed by atoms with van der Waals surface area (Å²) in [5.41, 5.74) is 6.81. The molecule has 3 N–H and O–H groups in total. The van der Waals surface area contributed by atoms with Crippen LogP contribution in [0.3, 0.4) is 0 Å². The summed E-state index contributed by atoms with van der Waals surface area (Å²) in [7, 11) is 1.44. The van der Waals surface area contributed by atoms with Crippen molar-refractivity contribution in [2.75, 3.05) is 19.0 Å². The SMILES string of the molecule is COc1cc(C2=NOC3(C(=O)Nc4ccccc43)C2C(=O)c2ccc(C)cc2)ccc1OCC(N)=O. The molecule has 3 aromatic carbocycles. The summed E-state index contributed by atoms with van der Waals surface area (Å²) < 4.78 is 10.8. The number of hydrogen-bond acceptors (Lipinski definition) is 7. The number of para-hydroxylation sites is 1. The van der Waals surface area contributed by atoms with E-state index in [1.807, 2.05) is 19.1 Å². The lowest BCUT2D eigenvalue weighted by molar-refractivity contribution is -0.140. The Balaban J connectivity index is 1.62. The number of nitrogens with one attached hydrogen (secondary N) is 1. The van der Waals surface area contributed by atoms with Gasteiger partial charge in [-0.2, -0.15) is 0 Å². The number of carbonyl (C=O) groups is 3. The standard InChI is InChI=1S/C27H23N3O6/c1-15-7-9-16(10-8-15)25(32)23-24(17-11-12-20(21(13-17)34-2)35-14-22(28)31)30-36-27(23)18-5-3-4-6-19(18)29-26(27)33/h3-13,23H,14H2,1-2H3,(H2,28,31)(H,29,33). The van der Waals surface area contributed by atoms with Crippen molar-refractivity contribution < 1.29 is 28.7 Å². The number of hydrogen-bond donors (Lipinski definition) is 2. The molecule has 0 aromatic heterocycles. The van der Waals surface area contributed by atoms with Crippen molar-refractivity contribution in [3.05, 3.63) is 89.0 Å². The number of nitrogens with two attached hydrogens (primary N) is 1. The Kier molecular flexibility index (Phi) is 5.68. The molecule has 1 spiro atoms. The van der Waals surface area contributed by atoms with Crippen molar-refractivity contribution in [3.63, 3.8) is 0 Å². The molecular formula is C27H23N3O6. The number of aryl methyl sites for hydroxylation is 1. The highest BCUT2D eigenvalue weighted by Crippen LogP contribution is 2.50. The van der Waals surface area contributed by atoms with Gasteiger partial charge in [0.05, 0.1) is 7.11 Å². The van der Waals surface area contributed by atoms with Crippen LogP contribution in [0.15, 0.2) is 71.9 Å². The molecule has 2 unspecified atom stereocenters. The van der Waals surface area contributed by atoms with Crippen LogP contribution in [-0.2, 0) is 20.0 Å². The van der Waals surface area contributed by atoms with Crippen LogP contribution in [0.25, 0.3) is 0 Å². The van der Waals surface area contributed by atoms with Gasteiger partial charge in [0.1, 0.15) is 11.6 Å². The summed E-state index contributed by atoms with van der Waals surface area (Å²) in [6, 6.07) is 19.1. The van der Waals surface area contributed by atoms with Crippen LogP contribution in [0.1, 0.15) is 27.0 Å². The molecular weight excluding hydrogens is 462 g/mol. The molecule has 0 saturated carbocycles. The Bertz CT molecular complexity index is 1420. The normalized spacial score (nSPS) is 19.8. The van der Waals surface area contributed by atoms with E-state index < -0.39 is 23.3 Å². The minimum absolute atomic E-state index is 0.271. The number of ketones is 1. The van der Waals surface area contributed by atoms with E-state index in [9.17, 15) is 14.4 Å². The monoisotopic (exact) mass is 485 g/mol. The molecule has 2 atom stereocenters. The molecule has 9 heteroatoms. The average molecular weight is 485 g/mol. The molecule has 9 nitrogen and oxygen atoms in total. The number of fused-ring (bicyclic) bond motifs is 2. The van der Waals surface area contributed by atoms with Gasteiger partial charge in [0.2, 0.25) is 0 Å². The summed E-state index contributed by atoms with van der Waals surface area (Å²) >= 11 is 0. The number of primary amides is 1. The first-order valence-corrected chi connectivity index (χ1v) is 11.2. The van der Waals surface area contributed by atoms with Gasteiger partial charge in [0, 0.05) is 22.4 Å². The Labute approximate surface area is 206 Å². The van der Waals surface area contributed by atoms with E-state index in [1.54, 1.807) is 54.6 Å². The molecule has 0 bridgehead atoms. The number of Topliss-reactive ketones (excluding diaryl/α,β-unsaturated/α-hetero) is 1. The fourth-order valence-electron chi connectivity index (χ4n) is 4.56. The van der Waals surface area contributed by atoms with E-state index in [0.29, 0.717) is 33.9 Å². The summed E-state index contributed by atoms with van der Waals surface area (Å²) in [6.07, 6.45) is 0. The third kappa shape index (κ3) is 3.65. The lowest BCUT2D eigenvalue weighted by Gasteiger charge is -2.26. The molecule has 2 amide bonds. The van der Waals surface area contributed by atoms with Gasteiger partial charge >= 0.3 is 0 Å². The summed E-state index contributed by atoms with van der Waals surface area (Å²) in [4.78, 5) is 44.5. The fourth-order valence-corrected chi connectivity index (χ4v) is 4.56. The van der Waals surface area contributed by atoms with Crippen molar-refractivity contribution in [3.8, 4) is 11.5 Å². The Morgan fingerprint density at radius 1 is 1.08 bits per heavy atom. The highest BCUT2D eigenvalue weighted by atomic mass is 16.7. The second kappa shape index (κ2) is 8.84. The number of carbonyl (C=O) groups excluding carboxylic acids is 3. The third-order valence-electron chi connectivity index (χ3n) is 6.31. The predicted molar refractivity (Wildman–Crippen MR) is 131 cm³/mol. The highest BCUT2D eigenvalue weighted by Gasteiger charge is 2.63. The van der Waals surface area contributed by atoms with Crippen LogP contribution in [0, 0.1) is 12.8 Å². The van der Waals surface area contributed by atoms with Crippen molar-refractivity contribution in [1.29, 1.82) is 0 Å². The average Bonchev–Trinajstić information content (AvgIpc) is 3.41. The highest BCUT2D eigenvalue weighted by molar-refractivity contribution is 6.24. The zero-order chi connectivity index (χ0) is 25.4. The first-order valence-electron chi connectivity index (χ1n) is 11.2. The van der Waals surface area contributed by atoms with Gasteiger partial charge in [-0.3, -0.25) is 14.4 Å². The number of methoxy groups -OCH3 is 1. The van der Waals surface area contributed by atoms with Crippen LogP contribution in [-0.4, -0.2) is 37.0 Å². The molecule has 3 aromatic rings. The number of anilines is 1. The van der Waals surface area contributed by atoms with Gasteiger partial charge in [-0.05, 0) is 31.2 Å². The molecule has 36 heavy (non-hydrogen) atoms. The largest absolute Gasteiger partial charge is 0.493 e. The van der Waals surface area contributed by atoms with E-state index in [1.165, 1.54) is 7.11 Å². The second-order valence-corrected chi connectivity index (χ2v) is 8.59. The maximum absolute atomic E-state index is 14.0. The van der Waals surface area contributed by atoms with Gasteiger partial charge in [-0.25, -0.2) is 0 Å². The zero-order valence-electron chi connectivity index (χ0n) is 19.6. The first kappa shape index (κ1) is 23.1. The first-order chi connectivity index (χ1) is 17.3. The molecule has 0 fully saturated rings. The van der Waals surface area contributed by atoms with Gasteiger partial charge in [-0.15, -0.1) is 0 Å². The smallest absolute Gasteiger partial charge is 0.277 e. The Morgan fingerprint density at radius 3 is 2.56 bits per heavy atom. The van der Waals surface area contributed by atoms with Crippen molar-refractivity contribution in [1.82, 2.24) is 0 Å². The summed E-state index contributed by atoms with van der Waals surface area (Å²) in [5.74, 6) is -1.90. The van der Waals surface area contributed by atoms with E-state index in [4.69, 9.17) is 20.0 Å². The van der Waals surface area contributed by atoms with Crippen LogP contribution in [0.4, 0.5) is 5.69 Å². The number of benzene rings is 3. The maximum Gasteiger partial charge on any atom is 0.277 e. The van der Waals surface area contributed by atoms with E-state index >= 15 is 0 Å². The van der Waals surface area contributed by atoms with Crippen LogP contribution < -0.4 is 20.5 Å². The number of amides is 2. The lowest BCUT2D eigenvalue weighted by atomic mass is 9.74. The third-order valence-corrected chi connectivity index (χ3v) is 6.31. The van der Waals surface area contributed by atoms with E-state index in [0.717, 1.165) is 5.56 Å². The number of nitrogens with zero attached hydrogens (tertiary/aromatic N) is 1. The van der Waals surface area contributed by atoms with Crippen molar-refractivity contribution in [2.45, 2.75) is 12.5 Å². The molecule has 0 radical (unpaired) electrons. The molecule has 2 aliphatic rings. The lowest BCUT2D eigenvalue weighted by Crippen LogP contribution is -2.46. The fraction of sp³-hybridized carbons (Fsp3) is 0.185. The second-order valence-electron chi connectivity index (χ2n) is 8.59. The quantitative estimate of drug-likeness (QED) is 0.495. The summed E-state index contributed by atoms with van der Waals surface area (Å²) in [5, 5.41) is 7.11. The molecule has 182 valence electrons. The number of oxime groups is 1. The predicted octanol–water partition coefficient (Wildman–Crippen LogP) is 2.95. The summed E-state index contributed by atoms with van der Waals surface area (Å²) in [6.45, 7) is 1.60. The topological polar surface area (TPSA) is 129 Å². The van der Waals surface area contributed by atoms with E-state index in [2.05, 4.69) is 10.5 Å². The van der Waals surface area contributed by atoms with Gasteiger partial charge < -0.3 is 25.4 Å². The minimum atomic E-state index is -1.66. The Hall–Kier alpha value is -4.66. The van der Waals surface area contributed by atoms with Crippen LogP contribution in [0.5, 0.6) is 11.5 Å². The number of ether oxygens (including phenoxy) is 2. The number of rotatable bonds is 7. The van der Waals surface area contributed by atoms with Gasteiger partial charge in [0.25, 0.3) is 17.4 Å².